The van der Waals surface area contributed by atoms with Crippen molar-refractivity contribution in [3.05, 3.63) is 59.8 Å². The number of aryl methyl sites for hydroxylation is 1. The second-order valence-corrected chi connectivity index (χ2v) is 7.61. The molecule has 2 aromatic heterocycles. The Labute approximate surface area is 171 Å². The molecule has 0 radical (unpaired) electrons. The standard InChI is InChI=1S/C24H27N4O/c1-2-3-11-18-16-19-22(26-18)24(25)27-20-12-7-14-28(23(19)20)15-8-13-21(29)17-9-5-4-6-10-17/h4-7,9-10,12,14H,2-3,8,11,13,15-16H2,1H3,(H2,25,27)/q+1. The number of hydrogen-bond donors (Lipinski definition) is 1. The van der Waals surface area contributed by atoms with Gasteiger partial charge in [0.2, 0.25) is 5.52 Å². The summed E-state index contributed by atoms with van der Waals surface area (Å²) in [6, 6.07) is 13.5. The van der Waals surface area contributed by atoms with Crippen molar-refractivity contribution in [2.75, 3.05) is 5.73 Å². The third-order valence-corrected chi connectivity index (χ3v) is 5.47. The maximum atomic E-state index is 12.4. The zero-order chi connectivity index (χ0) is 20.2. The lowest BCUT2D eigenvalue weighted by molar-refractivity contribution is -0.671. The second kappa shape index (κ2) is 8.52. The average Bonchev–Trinajstić information content (AvgIpc) is 3.17. The van der Waals surface area contributed by atoms with E-state index in [9.17, 15) is 4.79 Å². The molecule has 1 aliphatic heterocycles. The van der Waals surface area contributed by atoms with E-state index < -0.39 is 0 Å². The van der Waals surface area contributed by atoms with Crippen LogP contribution in [0.15, 0.2) is 53.7 Å². The number of hydrogen-bond acceptors (Lipinski definition) is 4. The number of Topliss-reactive ketones (excluding diaryl/α,β-unsaturated/α-hetero) is 1. The van der Waals surface area contributed by atoms with Gasteiger partial charge in [0.1, 0.15) is 17.7 Å². The number of ketones is 1. The largest absolute Gasteiger partial charge is 0.382 e. The summed E-state index contributed by atoms with van der Waals surface area (Å²) in [5.41, 5.74) is 12.2. The Morgan fingerprint density at radius 3 is 2.76 bits per heavy atom. The first-order chi connectivity index (χ1) is 14.2. The highest BCUT2D eigenvalue weighted by atomic mass is 16.1. The van der Waals surface area contributed by atoms with Gasteiger partial charge in [-0.1, -0.05) is 43.7 Å². The lowest BCUT2D eigenvalue weighted by atomic mass is 10.0. The second-order valence-electron chi connectivity index (χ2n) is 7.61. The molecule has 0 bridgehead atoms. The SMILES string of the molecule is CCCCC1=Nc2c(N)nc3ccc[n+](CCCC(=O)c4ccccc4)c3c2C1. The first-order valence-corrected chi connectivity index (χ1v) is 10.4. The van der Waals surface area contributed by atoms with Gasteiger partial charge in [-0.15, -0.1) is 0 Å². The molecule has 0 amide bonds. The van der Waals surface area contributed by atoms with E-state index in [-0.39, 0.29) is 5.78 Å². The highest BCUT2D eigenvalue weighted by Gasteiger charge is 2.26. The Morgan fingerprint density at radius 2 is 1.97 bits per heavy atom. The Morgan fingerprint density at radius 1 is 1.14 bits per heavy atom. The van der Waals surface area contributed by atoms with Crippen molar-refractivity contribution in [2.24, 2.45) is 4.99 Å². The molecule has 0 saturated carbocycles. The molecule has 2 N–H and O–H groups in total. The third-order valence-electron chi connectivity index (χ3n) is 5.47. The quantitative estimate of drug-likeness (QED) is 0.454. The van der Waals surface area contributed by atoms with Gasteiger partial charge in [0.15, 0.2) is 17.8 Å². The third kappa shape index (κ3) is 4.04. The number of fused-ring (bicyclic) bond motifs is 3. The predicted molar refractivity (Wildman–Crippen MR) is 117 cm³/mol. The van der Waals surface area contributed by atoms with Gasteiger partial charge < -0.3 is 5.73 Å². The first kappa shape index (κ1) is 19.2. The Balaban J connectivity index is 1.56. The highest BCUT2D eigenvalue weighted by molar-refractivity contribution is 6.01. The van der Waals surface area contributed by atoms with Gasteiger partial charge in [-0.05, 0) is 18.9 Å². The van der Waals surface area contributed by atoms with Crippen molar-refractivity contribution < 1.29 is 9.36 Å². The van der Waals surface area contributed by atoms with Gasteiger partial charge in [0, 0.05) is 36.6 Å². The van der Waals surface area contributed by atoms with Crippen LogP contribution in [-0.2, 0) is 13.0 Å². The number of unbranched alkanes of at least 4 members (excludes halogenated alkanes) is 1. The van der Waals surface area contributed by atoms with Gasteiger partial charge in [0.25, 0.3) is 0 Å². The molecular formula is C24H27N4O+. The number of carbonyl (C=O) groups excluding carboxylic acids is 1. The van der Waals surface area contributed by atoms with E-state index in [2.05, 4.69) is 22.7 Å². The summed E-state index contributed by atoms with van der Waals surface area (Å²) >= 11 is 0. The van der Waals surface area contributed by atoms with Crippen molar-refractivity contribution >= 4 is 34.0 Å². The molecule has 0 unspecified atom stereocenters. The number of rotatable bonds is 8. The zero-order valence-corrected chi connectivity index (χ0v) is 16.9. The van der Waals surface area contributed by atoms with Gasteiger partial charge in [0.05, 0.1) is 5.56 Å². The summed E-state index contributed by atoms with van der Waals surface area (Å²) in [6.45, 7) is 2.96. The van der Waals surface area contributed by atoms with E-state index in [1.807, 2.05) is 42.5 Å². The molecule has 0 aliphatic carbocycles. The normalized spacial score (nSPS) is 12.8. The molecule has 5 nitrogen and oxygen atoms in total. The number of carbonyl (C=O) groups is 1. The first-order valence-electron chi connectivity index (χ1n) is 10.4. The minimum atomic E-state index is 0.184. The van der Waals surface area contributed by atoms with E-state index in [1.54, 1.807) is 0 Å². The van der Waals surface area contributed by atoms with Crippen LogP contribution in [-0.4, -0.2) is 16.5 Å². The number of aromatic nitrogens is 2. The van der Waals surface area contributed by atoms with Crippen molar-refractivity contribution in [1.29, 1.82) is 0 Å². The van der Waals surface area contributed by atoms with E-state index in [4.69, 9.17) is 10.7 Å². The van der Waals surface area contributed by atoms with Crippen LogP contribution in [0.4, 0.5) is 11.5 Å². The zero-order valence-electron chi connectivity index (χ0n) is 16.9. The van der Waals surface area contributed by atoms with Gasteiger partial charge in [-0.2, -0.15) is 4.57 Å². The van der Waals surface area contributed by atoms with Crippen LogP contribution < -0.4 is 10.3 Å². The summed E-state index contributed by atoms with van der Waals surface area (Å²) in [4.78, 5) is 21.8. The Kier molecular flexibility index (Phi) is 5.65. The van der Waals surface area contributed by atoms with Crippen LogP contribution in [0.2, 0.25) is 0 Å². The maximum absolute atomic E-state index is 12.4. The smallest absolute Gasteiger partial charge is 0.237 e. The molecule has 0 saturated heterocycles. The van der Waals surface area contributed by atoms with Crippen molar-refractivity contribution in [2.45, 2.75) is 52.0 Å². The molecule has 0 fully saturated rings. The number of benzene rings is 1. The summed E-state index contributed by atoms with van der Waals surface area (Å²) in [7, 11) is 0. The van der Waals surface area contributed by atoms with E-state index in [0.717, 1.165) is 60.9 Å². The van der Waals surface area contributed by atoms with Crippen LogP contribution >= 0.6 is 0 Å². The Bertz CT molecular complexity index is 1070. The number of anilines is 1. The molecule has 0 atom stereocenters. The minimum absolute atomic E-state index is 0.184. The van der Waals surface area contributed by atoms with Crippen LogP contribution in [0.3, 0.4) is 0 Å². The summed E-state index contributed by atoms with van der Waals surface area (Å²) in [5.74, 6) is 0.695. The fourth-order valence-corrected chi connectivity index (χ4v) is 3.99. The maximum Gasteiger partial charge on any atom is 0.237 e. The molecule has 5 heteroatoms. The van der Waals surface area contributed by atoms with Crippen LogP contribution in [0.5, 0.6) is 0 Å². The molecule has 0 spiro atoms. The van der Waals surface area contributed by atoms with Gasteiger partial charge in [-0.25, -0.2) is 4.98 Å². The monoisotopic (exact) mass is 387 g/mol. The van der Waals surface area contributed by atoms with E-state index >= 15 is 0 Å². The van der Waals surface area contributed by atoms with E-state index in [1.165, 1.54) is 11.3 Å². The molecule has 3 heterocycles. The fourth-order valence-electron chi connectivity index (χ4n) is 3.99. The van der Waals surface area contributed by atoms with Crippen molar-refractivity contribution in [3.8, 4) is 0 Å². The predicted octanol–water partition coefficient (Wildman–Crippen LogP) is 4.59. The van der Waals surface area contributed by atoms with Gasteiger partial charge in [-0.3, -0.25) is 9.79 Å². The van der Waals surface area contributed by atoms with Crippen LogP contribution in [0, 0.1) is 0 Å². The van der Waals surface area contributed by atoms with Crippen molar-refractivity contribution in [3.63, 3.8) is 0 Å². The number of aliphatic imine (C=N–C) groups is 1. The lowest BCUT2D eigenvalue weighted by Gasteiger charge is -2.07. The minimum Gasteiger partial charge on any atom is -0.382 e. The molecule has 3 aromatic rings. The number of nitrogens with zero attached hydrogens (tertiary/aromatic N) is 3. The summed E-state index contributed by atoms with van der Waals surface area (Å²) < 4.78 is 2.21. The lowest BCUT2D eigenvalue weighted by Crippen LogP contribution is -2.35. The molecule has 4 rings (SSSR count). The molecular weight excluding hydrogens is 360 g/mol. The van der Waals surface area contributed by atoms with Gasteiger partial charge >= 0.3 is 0 Å². The van der Waals surface area contributed by atoms with Crippen LogP contribution in [0.25, 0.3) is 11.0 Å². The Hall–Kier alpha value is -3.08. The summed E-state index contributed by atoms with van der Waals surface area (Å²) in [5, 5.41) is 0. The van der Waals surface area contributed by atoms with Crippen molar-refractivity contribution in [1.82, 2.24) is 4.98 Å². The summed E-state index contributed by atoms with van der Waals surface area (Å²) in [6.07, 6.45) is 7.50. The fraction of sp³-hybridized carbons (Fsp3) is 0.333. The topological polar surface area (TPSA) is 72.2 Å². The highest BCUT2D eigenvalue weighted by Crippen LogP contribution is 2.36. The molecule has 29 heavy (non-hydrogen) atoms. The molecule has 1 aromatic carbocycles. The number of nitrogen functional groups attached to an aromatic ring is 1. The van der Waals surface area contributed by atoms with Crippen LogP contribution in [0.1, 0.15) is 54.9 Å². The molecule has 148 valence electrons. The van der Waals surface area contributed by atoms with E-state index in [0.29, 0.717) is 12.2 Å². The number of pyridine rings is 2. The average molecular weight is 388 g/mol. The number of nitrogens with two attached hydrogens (primary N) is 1. The molecule has 1 aliphatic rings.